The van der Waals surface area contributed by atoms with Crippen LogP contribution in [0.2, 0.25) is 0 Å². The van der Waals surface area contributed by atoms with Crippen LogP contribution in [0.1, 0.15) is 45.1 Å². The molecule has 6 heteroatoms. The molecule has 0 bridgehead atoms. The molecule has 2 heterocycles. The predicted molar refractivity (Wildman–Crippen MR) is 107 cm³/mol. The molecule has 3 aliphatic rings. The first-order chi connectivity index (χ1) is 14.0. The minimum absolute atomic E-state index is 0.119. The van der Waals surface area contributed by atoms with Gasteiger partial charge in [0.25, 0.3) is 0 Å². The molecule has 2 aliphatic heterocycles. The van der Waals surface area contributed by atoms with Crippen molar-refractivity contribution in [2.24, 2.45) is 16.7 Å². The number of piperidine rings is 1. The van der Waals surface area contributed by atoms with Gasteiger partial charge in [0.05, 0.1) is 13.2 Å². The first-order valence-corrected chi connectivity index (χ1v) is 10.8. The van der Waals surface area contributed by atoms with Crippen molar-refractivity contribution in [2.45, 2.75) is 52.4 Å². The first-order valence-electron chi connectivity index (χ1n) is 10.8. The normalized spacial score (nSPS) is 33.9. The molecule has 4 rings (SSSR count). The van der Waals surface area contributed by atoms with Gasteiger partial charge in [0.2, 0.25) is 5.91 Å². The minimum atomic E-state index is -1.13. The summed E-state index contributed by atoms with van der Waals surface area (Å²) in [7, 11) is 0. The molecule has 0 aromatic heterocycles. The Morgan fingerprint density at radius 3 is 2.76 bits per heavy atom. The van der Waals surface area contributed by atoms with Crippen LogP contribution in [0.25, 0.3) is 0 Å². The van der Waals surface area contributed by atoms with Crippen LogP contribution in [0, 0.1) is 16.7 Å². The van der Waals surface area contributed by atoms with E-state index in [4.69, 9.17) is 14.2 Å². The lowest BCUT2D eigenvalue weighted by molar-refractivity contribution is -0.172. The van der Waals surface area contributed by atoms with Crippen LogP contribution in [0.15, 0.2) is 30.3 Å². The number of nitrogens with zero attached hydrogens (tertiary/aromatic N) is 1. The van der Waals surface area contributed by atoms with E-state index in [0.29, 0.717) is 26.3 Å². The zero-order valence-corrected chi connectivity index (χ0v) is 17.4. The average molecular weight is 402 g/mol. The number of amides is 1. The van der Waals surface area contributed by atoms with Gasteiger partial charge in [0.1, 0.15) is 0 Å². The van der Waals surface area contributed by atoms with Gasteiger partial charge in [-0.15, -0.1) is 0 Å². The topological polar surface area (TPSA) is 65.1 Å². The monoisotopic (exact) mass is 401 g/mol. The van der Waals surface area contributed by atoms with Gasteiger partial charge >= 0.3 is 5.97 Å². The van der Waals surface area contributed by atoms with E-state index in [0.717, 1.165) is 31.2 Å². The number of carbonyl (C=O) groups excluding carboxylic acids is 2. The Bertz CT molecular complexity index is 747. The van der Waals surface area contributed by atoms with Crippen LogP contribution >= 0.6 is 0 Å². The molecule has 1 aromatic rings. The summed E-state index contributed by atoms with van der Waals surface area (Å²) in [6, 6.07) is 9.90. The number of esters is 1. The number of hydrogen-bond acceptors (Lipinski definition) is 5. The molecule has 1 saturated carbocycles. The van der Waals surface area contributed by atoms with Crippen LogP contribution in [0.5, 0.6) is 0 Å². The van der Waals surface area contributed by atoms with E-state index in [-0.39, 0.29) is 24.7 Å². The number of benzene rings is 1. The highest BCUT2D eigenvalue weighted by Gasteiger charge is 2.84. The van der Waals surface area contributed by atoms with Crippen LogP contribution in [0.3, 0.4) is 0 Å². The maximum absolute atomic E-state index is 13.6. The Hall–Kier alpha value is -1.92. The van der Waals surface area contributed by atoms with Crippen molar-refractivity contribution in [3.05, 3.63) is 35.9 Å². The van der Waals surface area contributed by atoms with E-state index >= 15 is 0 Å². The third-order valence-electron chi connectivity index (χ3n) is 7.04. The number of ether oxygens (including phenoxy) is 3. The Labute approximate surface area is 172 Å². The fourth-order valence-electron chi connectivity index (χ4n) is 5.28. The highest BCUT2D eigenvalue weighted by molar-refractivity contribution is 6.08. The molecular weight excluding hydrogens is 370 g/mol. The van der Waals surface area contributed by atoms with Crippen molar-refractivity contribution in [3.63, 3.8) is 0 Å². The van der Waals surface area contributed by atoms with Crippen LogP contribution in [-0.4, -0.2) is 49.4 Å². The zero-order valence-electron chi connectivity index (χ0n) is 17.4. The first kappa shape index (κ1) is 20.4. The second-order valence-electron chi connectivity index (χ2n) is 8.59. The maximum atomic E-state index is 13.6. The molecule has 1 aliphatic carbocycles. The van der Waals surface area contributed by atoms with Gasteiger partial charge < -0.3 is 19.1 Å². The van der Waals surface area contributed by atoms with Gasteiger partial charge in [-0.1, -0.05) is 37.3 Å². The molecule has 6 nitrogen and oxygen atoms in total. The number of hydrogen-bond donors (Lipinski definition) is 0. The van der Waals surface area contributed by atoms with Crippen LogP contribution in [-0.2, 0) is 30.3 Å². The highest BCUT2D eigenvalue weighted by Crippen LogP contribution is 2.74. The standard InChI is InChI=1S/C23H31NO5/c1-3-27-21(26)23-18(16-29-19-11-7-8-14-28-19)22(23,2)12-13-24(20(23)25)15-17-9-5-4-6-10-17/h4-6,9-10,18-19H,3,7-8,11-16H2,1-2H3. The molecule has 2 saturated heterocycles. The van der Waals surface area contributed by atoms with Crippen molar-refractivity contribution >= 4 is 11.9 Å². The van der Waals surface area contributed by atoms with E-state index < -0.39 is 16.8 Å². The fourth-order valence-corrected chi connectivity index (χ4v) is 5.28. The van der Waals surface area contributed by atoms with Gasteiger partial charge in [0, 0.05) is 31.0 Å². The second kappa shape index (κ2) is 8.07. The van der Waals surface area contributed by atoms with Gasteiger partial charge in [0.15, 0.2) is 11.7 Å². The lowest BCUT2D eigenvalue weighted by Crippen LogP contribution is -2.49. The van der Waals surface area contributed by atoms with Gasteiger partial charge in [-0.05, 0) is 38.2 Å². The summed E-state index contributed by atoms with van der Waals surface area (Å²) in [5.74, 6) is -0.692. The van der Waals surface area contributed by atoms with Crippen molar-refractivity contribution in [3.8, 4) is 0 Å². The lowest BCUT2D eigenvalue weighted by atomic mass is 9.86. The molecule has 4 unspecified atom stereocenters. The summed E-state index contributed by atoms with van der Waals surface area (Å²) < 4.78 is 17.1. The number of carbonyl (C=O) groups is 2. The summed E-state index contributed by atoms with van der Waals surface area (Å²) in [5.41, 5.74) is -0.490. The summed E-state index contributed by atoms with van der Waals surface area (Å²) in [6.07, 6.45) is 3.54. The van der Waals surface area contributed by atoms with Crippen LogP contribution in [0.4, 0.5) is 0 Å². The van der Waals surface area contributed by atoms with Crippen molar-refractivity contribution in [1.82, 2.24) is 4.90 Å². The Morgan fingerprint density at radius 1 is 1.28 bits per heavy atom. The molecule has 0 N–H and O–H groups in total. The van der Waals surface area contributed by atoms with E-state index in [1.54, 1.807) is 6.92 Å². The van der Waals surface area contributed by atoms with Gasteiger partial charge in [-0.25, -0.2) is 0 Å². The molecule has 1 amide bonds. The Balaban J connectivity index is 1.53. The average Bonchev–Trinajstić information content (AvgIpc) is 3.31. The molecule has 0 radical (unpaired) electrons. The summed E-state index contributed by atoms with van der Waals surface area (Å²) in [6.45, 7) is 6.30. The fraction of sp³-hybridized carbons (Fsp3) is 0.652. The van der Waals surface area contributed by atoms with Crippen LogP contribution < -0.4 is 0 Å². The third kappa shape index (κ3) is 3.36. The largest absolute Gasteiger partial charge is 0.465 e. The molecule has 29 heavy (non-hydrogen) atoms. The van der Waals surface area contributed by atoms with Crippen molar-refractivity contribution in [2.75, 3.05) is 26.4 Å². The SMILES string of the molecule is CCOC(=O)C12C(=O)N(Cc3ccccc3)CCC1(C)C2COC1CCCCO1. The molecular formula is C23H31NO5. The Morgan fingerprint density at radius 2 is 2.07 bits per heavy atom. The number of likely N-dealkylation sites (tertiary alicyclic amines) is 1. The van der Waals surface area contributed by atoms with E-state index in [9.17, 15) is 9.59 Å². The molecule has 158 valence electrons. The highest BCUT2D eigenvalue weighted by atomic mass is 16.7. The van der Waals surface area contributed by atoms with Crippen molar-refractivity contribution < 1.29 is 23.8 Å². The lowest BCUT2D eigenvalue weighted by Gasteiger charge is -2.34. The predicted octanol–water partition coefficient (Wildman–Crippen LogP) is 3.15. The third-order valence-corrected chi connectivity index (χ3v) is 7.04. The summed E-state index contributed by atoms with van der Waals surface area (Å²) in [5, 5.41) is 0. The summed E-state index contributed by atoms with van der Waals surface area (Å²) >= 11 is 0. The van der Waals surface area contributed by atoms with E-state index in [1.165, 1.54) is 0 Å². The second-order valence-corrected chi connectivity index (χ2v) is 8.59. The smallest absolute Gasteiger partial charge is 0.322 e. The molecule has 0 spiro atoms. The van der Waals surface area contributed by atoms with Crippen molar-refractivity contribution in [1.29, 1.82) is 0 Å². The van der Waals surface area contributed by atoms with Gasteiger partial charge in [-0.3, -0.25) is 9.59 Å². The van der Waals surface area contributed by atoms with E-state index in [1.807, 2.05) is 42.2 Å². The molecule has 3 fully saturated rings. The molecule has 1 aromatic carbocycles. The number of fused-ring (bicyclic) bond motifs is 1. The maximum Gasteiger partial charge on any atom is 0.322 e. The van der Waals surface area contributed by atoms with E-state index in [2.05, 4.69) is 0 Å². The summed E-state index contributed by atoms with van der Waals surface area (Å²) in [4.78, 5) is 28.5. The Kier molecular flexibility index (Phi) is 5.67. The minimum Gasteiger partial charge on any atom is -0.465 e. The number of rotatable bonds is 7. The quantitative estimate of drug-likeness (QED) is 0.519. The van der Waals surface area contributed by atoms with Gasteiger partial charge in [-0.2, -0.15) is 0 Å². The zero-order chi connectivity index (χ0) is 20.5. The molecule has 4 atom stereocenters.